The van der Waals surface area contributed by atoms with Crippen LogP contribution in [0.3, 0.4) is 0 Å². The fourth-order valence-corrected chi connectivity index (χ4v) is 3.27. The highest BCUT2D eigenvalue weighted by molar-refractivity contribution is 8.00. The highest BCUT2D eigenvalue weighted by Crippen LogP contribution is 2.31. The summed E-state index contributed by atoms with van der Waals surface area (Å²) in [6.07, 6.45) is 2.73. The highest BCUT2D eigenvalue weighted by atomic mass is 32.2. The molecule has 2 aromatic rings. The van der Waals surface area contributed by atoms with E-state index in [-0.39, 0.29) is 0 Å². The SMILES string of the molecule is CCCNCc1c(C)nn(C)c1Sc1ncns1. The summed E-state index contributed by atoms with van der Waals surface area (Å²) in [5.74, 6) is 0. The minimum Gasteiger partial charge on any atom is -0.313 e. The van der Waals surface area contributed by atoms with E-state index in [0.717, 1.165) is 34.6 Å². The van der Waals surface area contributed by atoms with E-state index in [2.05, 4.69) is 26.7 Å². The third kappa shape index (κ3) is 3.09. The van der Waals surface area contributed by atoms with Crippen molar-refractivity contribution in [3.05, 3.63) is 17.6 Å². The van der Waals surface area contributed by atoms with Gasteiger partial charge in [0, 0.05) is 19.2 Å². The molecule has 18 heavy (non-hydrogen) atoms. The van der Waals surface area contributed by atoms with Crippen LogP contribution in [0, 0.1) is 6.92 Å². The van der Waals surface area contributed by atoms with Gasteiger partial charge in [-0.25, -0.2) is 4.98 Å². The van der Waals surface area contributed by atoms with Crippen LogP contribution in [0.15, 0.2) is 15.7 Å². The number of rotatable bonds is 6. The third-order valence-electron chi connectivity index (χ3n) is 2.54. The summed E-state index contributed by atoms with van der Waals surface area (Å²) >= 11 is 3.04. The standard InChI is InChI=1S/C11H17N5S2/c1-4-5-12-6-9-8(2)15-16(3)10(9)17-11-13-7-14-18-11/h7,12H,4-6H2,1-3H3. The maximum Gasteiger partial charge on any atom is 0.175 e. The van der Waals surface area contributed by atoms with E-state index >= 15 is 0 Å². The average Bonchev–Trinajstić information content (AvgIpc) is 2.92. The van der Waals surface area contributed by atoms with Crippen LogP contribution in [0.5, 0.6) is 0 Å². The summed E-state index contributed by atoms with van der Waals surface area (Å²) in [6, 6.07) is 0. The van der Waals surface area contributed by atoms with Crippen LogP contribution < -0.4 is 5.32 Å². The number of aromatic nitrogens is 4. The Hall–Kier alpha value is -0.920. The molecule has 0 amide bonds. The van der Waals surface area contributed by atoms with Gasteiger partial charge in [-0.05, 0) is 43.2 Å². The normalized spacial score (nSPS) is 11.1. The van der Waals surface area contributed by atoms with E-state index in [1.54, 1.807) is 18.1 Å². The molecule has 0 unspecified atom stereocenters. The zero-order chi connectivity index (χ0) is 13.0. The first-order chi connectivity index (χ1) is 8.72. The molecule has 0 aliphatic heterocycles. The Kier molecular flexibility index (Phi) is 4.73. The molecule has 5 nitrogen and oxygen atoms in total. The van der Waals surface area contributed by atoms with Crippen molar-refractivity contribution in [1.82, 2.24) is 24.5 Å². The molecule has 0 fully saturated rings. The van der Waals surface area contributed by atoms with Crippen molar-refractivity contribution < 1.29 is 0 Å². The van der Waals surface area contributed by atoms with Crippen LogP contribution in [0.25, 0.3) is 0 Å². The molecule has 1 N–H and O–H groups in total. The lowest BCUT2D eigenvalue weighted by Crippen LogP contribution is -2.14. The predicted molar refractivity (Wildman–Crippen MR) is 74.0 cm³/mol. The zero-order valence-corrected chi connectivity index (χ0v) is 12.4. The van der Waals surface area contributed by atoms with Crippen molar-refractivity contribution >= 4 is 23.3 Å². The van der Waals surface area contributed by atoms with Crippen molar-refractivity contribution in [3.63, 3.8) is 0 Å². The van der Waals surface area contributed by atoms with Gasteiger partial charge in [0.15, 0.2) is 4.34 Å². The quantitative estimate of drug-likeness (QED) is 0.824. The van der Waals surface area contributed by atoms with E-state index in [1.807, 2.05) is 18.7 Å². The van der Waals surface area contributed by atoms with E-state index in [1.165, 1.54) is 17.1 Å². The Morgan fingerprint density at radius 1 is 1.50 bits per heavy atom. The Bertz CT molecular complexity index is 492. The predicted octanol–water partition coefficient (Wildman–Crippen LogP) is 2.23. The smallest absolute Gasteiger partial charge is 0.175 e. The molecule has 0 bridgehead atoms. The molecule has 98 valence electrons. The van der Waals surface area contributed by atoms with Crippen LogP contribution >= 0.6 is 23.3 Å². The fraction of sp³-hybridized carbons (Fsp3) is 0.545. The van der Waals surface area contributed by atoms with Crippen molar-refractivity contribution in [3.8, 4) is 0 Å². The van der Waals surface area contributed by atoms with Crippen LogP contribution in [0.1, 0.15) is 24.6 Å². The van der Waals surface area contributed by atoms with Crippen molar-refractivity contribution in [2.75, 3.05) is 6.54 Å². The van der Waals surface area contributed by atoms with Gasteiger partial charge in [-0.3, -0.25) is 4.68 Å². The molecule has 2 rings (SSSR count). The number of hydrogen-bond donors (Lipinski definition) is 1. The molecule has 0 atom stereocenters. The second-order valence-corrected chi connectivity index (χ2v) is 5.99. The first-order valence-electron chi connectivity index (χ1n) is 5.90. The number of nitrogens with one attached hydrogen (secondary N) is 1. The Labute approximate surface area is 115 Å². The molecule has 7 heteroatoms. The molecular formula is C11H17N5S2. The van der Waals surface area contributed by atoms with Gasteiger partial charge < -0.3 is 5.32 Å². The van der Waals surface area contributed by atoms with E-state index in [0.29, 0.717) is 0 Å². The molecule has 0 aliphatic rings. The van der Waals surface area contributed by atoms with Gasteiger partial charge in [0.25, 0.3) is 0 Å². The van der Waals surface area contributed by atoms with Gasteiger partial charge in [-0.1, -0.05) is 6.92 Å². The largest absolute Gasteiger partial charge is 0.313 e. The molecule has 2 heterocycles. The maximum atomic E-state index is 4.48. The topological polar surface area (TPSA) is 55.6 Å². The lowest BCUT2D eigenvalue weighted by Gasteiger charge is -2.05. The zero-order valence-electron chi connectivity index (χ0n) is 10.8. The summed E-state index contributed by atoms with van der Waals surface area (Å²) in [5, 5.41) is 9.05. The summed E-state index contributed by atoms with van der Waals surface area (Å²) in [6.45, 7) is 6.10. The van der Waals surface area contributed by atoms with Crippen molar-refractivity contribution in [2.45, 2.75) is 36.2 Å². The van der Waals surface area contributed by atoms with E-state index < -0.39 is 0 Å². The lowest BCUT2D eigenvalue weighted by molar-refractivity contribution is 0.653. The van der Waals surface area contributed by atoms with Crippen LogP contribution in [0.4, 0.5) is 0 Å². The number of nitrogens with zero attached hydrogens (tertiary/aromatic N) is 4. The molecule has 0 saturated heterocycles. The first kappa shape index (κ1) is 13.5. The summed E-state index contributed by atoms with van der Waals surface area (Å²) in [5.41, 5.74) is 2.33. The average molecular weight is 283 g/mol. The summed E-state index contributed by atoms with van der Waals surface area (Å²) in [4.78, 5) is 4.21. The molecule has 0 aromatic carbocycles. The van der Waals surface area contributed by atoms with E-state index in [4.69, 9.17) is 0 Å². The van der Waals surface area contributed by atoms with Gasteiger partial charge in [0.2, 0.25) is 0 Å². The fourth-order valence-electron chi connectivity index (χ4n) is 1.69. The lowest BCUT2D eigenvalue weighted by atomic mass is 10.2. The highest BCUT2D eigenvalue weighted by Gasteiger charge is 2.15. The van der Waals surface area contributed by atoms with Crippen LogP contribution in [0.2, 0.25) is 0 Å². The Morgan fingerprint density at radius 2 is 2.33 bits per heavy atom. The number of hydrogen-bond acceptors (Lipinski definition) is 6. The van der Waals surface area contributed by atoms with Gasteiger partial charge in [-0.15, -0.1) is 0 Å². The molecule has 0 radical (unpaired) electrons. The summed E-state index contributed by atoms with van der Waals surface area (Å²) < 4.78 is 6.90. The number of aryl methyl sites for hydroxylation is 2. The minimum absolute atomic E-state index is 0.856. The Balaban J connectivity index is 2.17. The second kappa shape index (κ2) is 6.31. The molecule has 2 aromatic heterocycles. The van der Waals surface area contributed by atoms with Gasteiger partial charge in [0.1, 0.15) is 11.4 Å². The van der Waals surface area contributed by atoms with E-state index in [9.17, 15) is 0 Å². The van der Waals surface area contributed by atoms with Crippen LogP contribution in [-0.4, -0.2) is 25.7 Å². The minimum atomic E-state index is 0.856. The third-order valence-corrected chi connectivity index (χ3v) is 4.46. The van der Waals surface area contributed by atoms with Gasteiger partial charge >= 0.3 is 0 Å². The van der Waals surface area contributed by atoms with Gasteiger partial charge in [-0.2, -0.15) is 9.47 Å². The summed E-state index contributed by atoms with van der Waals surface area (Å²) in [7, 11) is 1.97. The second-order valence-electron chi connectivity index (χ2n) is 3.98. The van der Waals surface area contributed by atoms with Crippen LogP contribution in [-0.2, 0) is 13.6 Å². The Morgan fingerprint density at radius 3 is 3.00 bits per heavy atom. The maximum absolute atomic E-state index is 4.48. The monoisotopic (exact) mass is 283 g/mol. The van der Waals surface area contributed by atoms with Crippen molar-refractivity contribution in [2.24, 2.45) is 7.05 Å². The molecule has 0 aliphatic carbocycles. The van der Waals surface area contributed by atoms with Crippen molar-refractivity contribution in [1.29, 1.82) is 0 Å². The van der Waals surface area contributed by atoms with Gasteiger partial charge in [0.05, 0.1) is 5.69 Å². The first-order valence-corrected chi connectivity index (χ1v) is 7.49. The molecule has 0 saturated carbocycles. The molecular weight excluding hydrogens is 266 g/mol. The molecule has 0 spiro atoms.